The number of sulfone groups is 1. The van der Waals surface area contributed by atoms with E-state index in [0.29, 0.717) is 0 Å². The zero-order valence-electron chi connectivity index (χ0n) is 11.4. The van der Waals surface area contributed by atoms with Crippen LogP contribution in [0.1, 0.15) is 0 Å². The molecule has 10 heteroatoms. The van der Waals surface area contributed by atoms with Crippen LogP contribution in [-0.4, -0.2) is 54.6 Å². The van der Waals surface area contributed by atoms with E-state index in [9.17, 15) is 21.2 Å². The molecule has 0 bridgehead atoms. The number of hydrogen-bond acceptors (Lipinski definition) is 6. The van der Waals surface area contributed by atoms with E-state index < -0.39 is 43.2 Å². The maximum atomic E-state index is 13.7. The molecule has 0 fully saturated rings. The molecular weight excluding hydrogens is 325 g/mol. The number of benzene rings is 1. The van der Waals surface area contributed by atoms with E-state index in [1.165, 1.54) is 7.11 Å². The molecule has 0 aliphatic rings. The summed E-state index contributed by atoms with van der Waals surface area (Å²) < 4.78 is 67.4. The predicted molar refractivity (Wildman–Crippen MR) is 72.6 cm³/mol. The van der Waals surface area contributed by atoms with Gasteiger partial charge in [0.15, 0.2) is 9.84 Å². The fourth-order valence-corrected chi connectivity index (χ4v) is 3.57. The van der Waals surface area contributed by atoms with Gasteiger partial charge in [0.25, 0.3) is 0 Å². The molecule has 120 valence electrons. The second-order valence-electron chi connectivity index (χ2n) is 4.32. The highest BCUT2D eigenvalue weighted by Crippen LogP contribution is 2.19. The summed E-state index contributed by atoms with van der Waals surface area (Å²) in [6.07, 6.45) is 0.880. The first kappa shape index (κ1) is 18.0. The number of halogens is 1. The molecule has 0 saturated heterocycles. The largest absolute Gasteiger partial charge is 0.395 e. The molecule has 21 heavy (non-hydrogen) atoms. The van der Waals surface area contributed by atoms with Crippen molar-refractivity contribution >= 4 is 19.9 Å². The van der Waals surface area contributed by atoms with Gasteiger partial charge in [0.05, 0.1) is 24.2 Å². The number of sulfonamides is 1. The summed E-state index contributed by atoms with van der Waals surface area (Å²) in [5, 5.41) is 9.02. The molecule has 0 radical (unpaired) electrons. The van der Waals surface area contributed by atoms with Crippen LogP contribution in [0.4, 0.5) is 4.39 Å². The molecule has 1 rings (SSSR count). The first-order valence-electron chi connectivity index (χ1n) is 5.73. The SMILES string of the molecule is COCC(CO)NS(=O)(=O)c1cc(S(C)(=O)=O)ccc1F. The molecular formula is C11H16FNO6S2. The van der Waals surface area contributed by atoms with Gasteiger partial charge in [0.1, 0.15) is 10.7 Å². The Morgan fingerprint density at radius 1 is 1.33 bits per heavy atom. The second kappa shape index (κ2) is 6.79. The molecule has 0 aliphatic heterocycles. The number of methoxy groups -OCH3 is 1. The van der Waals surface area contributed by atoms with Crippen molar-refractivity contribution < 1.29 is 31.1 Å². The second-order valence-corrected chi connectivity index (χ2v) is 8.02. The van der Waals surface area contributed by atoms with Crippen LogP contribution in [-0.2, 0) is 24.6 Å². The maximum absolute atomic E-state index is 13.7. The van der Waals surface area contributed by atoms with Gasteiger partial charge in [-0.25, -0.2) is 25.9 Å². The number of ether oxygens (including phenoxy) is 1. The van der Waals surface area contributed by atoms with Gasteiger partial charge in [-0.2, -0.15) is 0 Å². The van der Waals surface area contributed by atoms with Gasteiger partial charge in [-0.15, -0.1) is 0 Å². The highest BCUT2D eigenvalue weighted by molar-refractivity contribution is 7.91. The molecule has 1 atom stereocenters. The number of hydrogen-bond donors (Lipinski definition) is 2. The Kier molecular flexibility index (Phi) is 5.82. The summed E-state index contributed by atoms with van der Waals surface area (Å²) in [6.45, 7) is -0.677. The fraction of sp³-hybridized carbons (Fsp3) is 0.455. The quantitative estimate of drug-likeness (QED) is 0.648. The molecule has 0 aliphatic carbocycles. The zero-order valence-corrected chi connectivity index (χ0v) is 13.0. The van der Waals surface area contributed by atoms with Crippen molar-refractivity contribution in [1.82, 2.24) is 4.72 Å². The van der Waals surface area contributed by atoms with Crippen LogP contribution in [0.15, 0.2) is 28.0 Å². The summed E-state index contributed by atoms with van der Waals surface area (Å²) in [7, 11) is -6.71. The van der Waals surface area contributed by atoms with Crippen LogP contribution in [0, 0.1) is 5.82 Å². The number of nitrogens with one attached hydrogen (secondary N) is 1. The lowest BCUT2D eigenvalue weighted by atomic mass is 10.3. The minimum atomic E-state index is -4.34. The van der Waals surface area contributed by atoms with Gasteiger partial charge in [-0.3, -0.25) is 0 Å². The molecule has 1 unspecified atom stereocenters. The molecule has 0 aromatic heterocycles. The van der Waals surface area contributed by atoms with E-state index in [-0.39, 0.29) is 11.5 Å². The van der Waals surface area contributed by atoms with Crippen LogP contribution < -0.4 is 4.72 Å². The van der Waals surface area contributed by atoms with Crippen molar-refractivity contribution in [3.8, 4) is 0 Å². The third kappa shape index (κ3) is 4.71. The summed E-state index contributed by atoms with van der Waals surface area (Å²) in [6, 6.07) is 1.49. The van der Waals surface area contributed by atoms with Gasteiger partial charge in [-0.05, 0) is 18.2 Å². The lowest BCUT2D eigenvalue weighted by Gasteiger charge is -2.16. The zero-order chi connectivity index (χ0) is 16.3. The van der Waals surface area contributed by atoms with Crippen molar-refractivity contribution in [2.45, 2.75) is 15.8 Å². The summed E-state index contributed by atoms with van der Waals surface area (Å²) in [5.74, 6) is -1.09. The Balaban J connectivity index is 3.25. The number of aliphatic hydroxyl groups is 1. The first-order chi connectivity index (χ1) is 9.61. The van der Waals surface area contributed by atoms with Crippen LogP contribution in [0.2, 0.25) is 0 Å². The molecule has 2 N–H and O–H groups in total. The first-order valence-corrected chi connectivity index (χ1v) is 9.11. The van der Waals surface area contributed by atoms with Crippen molar-refractivity contribution in [3.63, 3.8) is 0 Å². The van der Waals surface area contributed by atoms with Crippen molar-refractivity contribution in [3.05, 3.63) is 24.0 Å². The highest BCUT2D eigenvalue weighted by Gasteiger charge is 2.24. The number of aliphatic hydroxyl groups excluding tert-OH is 1. The molecule has 0 spiro atoms. The van der Waals surface area contributed by atoms with Crippen LogP contribution >= 0.6 is 0 Å². The van der Waals surface area contributed by atoms with Gasteiger partial charge >= 0.3 is 0 Å². The minimum Gasteiger partial charge on any atom is -0.395 e. The lowest BCUT2D eigenvalue weighted by Crippen LogP contribution is -2.40. The maximum Gasteiger partial charge on any atom is 0.243 e. The van der Waals surface area contributed by atoms with Crippen LogP contribution in [0.5, 0.6) is 0 Å². The third-order valence-electron chi connectivity index (χ3n) is 2.53. The van der Waals surface area contributed by atoms with Crippen molar-refractivity contribution in [2.75, 3.05) is 26.6 Å². The molecule has 0 heterocycles. The van der Waals surface area contributed by atoms with Crippen LogP contribution in [0.3, 0.4) is 0 Å². The molecule has 1 aromatic carbocycles. The van der Waals surface area contributed by atoms with Gasteiger partial charge in [0.2, 0.25) is 10.0 Å². The average Bonchev–Trinajstić information content (AvgIpc) is 2.36. The molecule has 0 saturated carbocycles. The Morgan fingerprint density at radius 2 is 1.95 bits per heavy atom. The molecule has 1 aromatic rings. The number of rotatable bonds is 7. The summed E-state index contributed by atoms with van der Waals surface area (Å²) in [5.41, 5.74) is 0. The monoisotopic (exact) mass is 341 g/mol. The highest BCUT2D eigenvalue weighted by atomic mass is 32.2. The summed E-state index contributed by atoms with van der Waals surface area (Å²) in [4.78, 5) is -1.13. The Morgan fingerprint density at radius 3 is 2.43 bits per heavy atom. The third-order valence-corrected chi connectivity index (χ3v) is 5.18. The van der Waals surface area contributed by atoms with Gasteiger partial charge in [-0.1, -0.05) is 0 Å². The molecule has 7 nitrogen and oxygen atoms in total. The Labute approximate surface area is 122 Å². The van der Waals surface area contributed by atoms with E-state index in [2.05, 4.69) is 0 Å². The van der Waals surface area contributed by atoms with E-state index >= 15 is 0 Å². The smallest absolute Gasteiger partial charge is 0.243 e. The Bertz CT molecular complexity index is 701. The van der Waals surface area contributed by atoms with Crippen LogP contribution in [0.25, 0.3) is 0 Å². The van der Waals surface area contributed by atoms with Crippen molar-refractivity contribution in [1.29, 1.82) is 0 Å². The van der Waals surface area contributed by atoms with E-state index in [4.69, 9.17) is 9.84 Å². The van der Waals surface area contributed by atoms with Gasteiger partial charge in [0, 0.05) is 13.4 Å². The fourth-order valence-electron chi connectivity index (χ4n) is 1.53. The van der Waals surface area contributed by atoms with Gasteiger partial charge < -0.3 is 9.84 Å². The minimum absolute atomic E-state index is 0.122. The topological polar surface area (TPSA) is 110 Å². The molecule has 0 amide bonds. The standard InChI is InChI=1S/C11H16FNO6S2/c1-19-7-8(6-14)13-21(17,18)11-5-9(20(2,15)16)3-4-10(11)12/h3-5,8,13-14H,6-7H2,1-2H3. The van der Waals surface area contributed by atoms with Crippen molar-refractivity contribution in [2.24, 2.45) is 0 Å². The lowest BCUT2D eigenvalue weighted by molar-refractivity contribution is 0.139. The Hall–Kier alpha value is -1.07. The van der Waals surface area contributed by atoms with E-state index in [1.807, 2.05) is 4.72 Å². The average molecular weight is 341 g/mol. The predicted octanol–water partition coefficient (Wildman–Crippen LogP) is -0.485. The van der Waals surface area contributed by atoms with E-state index in [0.717, 1.165) is 24.5 Å². The van der Waals surface area contributed by atoms with E-state index in [1.54, 1.807) is 0 Å². The summed E-state index contributed by atoms with van der Waals surface area (Å²) >= 11 is 0. The normalized spacial score (nSPS) is 14.1.